The number of nitrogens with one attached hydrogen (secondary N) is 2. The van der Waals surface area contributed by atoms with Crippen molar-refractivity contribution in [2.75, 3.05) is 0 Å². The van der Waals surface area contributed by atoms with Crippen LogP contribution in [0.25, 0.3) is 10.9 Å². The Morgan fingerprint density at radius 1 is 1.31 bits per heavy atom. The molecule has 0 saturated heterocycles. The second kappa shape index (κ2) is 3.92. The van der Waals surface area contributed by atoms with Crippen molar-refractivity contribution in [3.63, 3.8) is 0 Å². The molecule has 1 saturated carbocycles. The third-order valence-corrected chi connectivity index (χ3v) is 3.14. The molecule has 0 radical (unpaired) electrons. The first-order valence-electron chi connectivity index (χ1n) is 5.89. The first kappa shape index (κ1) is 9.87. The molecule has 1 aromatic heterocycles. The van der Waals surface area contributed by atoms with Gasteiger partial charge in [-0.3, -0.25) is 0 Å². The van der Waals surface area contributed by atoms with Gasteiger partial charge in [-0.1, -0.05) is 6.07 Å². The number of fused-ring (bicyclic) bond motifs is 1. The Hall–Kier alpha value is -1.32. The van der Waals surface area contributed by atoms with Gasteiger partial charge in [-0.25, -0.2) is 0 Å². The molecule has 0 spiro atoms. The zero-order valence-electron chi connectivity index (χ0n) is 9.29. The zero-order valence-corrected chi connectivity index (χ0v) is 9.29. The Morgan fingerprint density at radius 2 is 2.19 bits per heavy atom. The number of rotatable bonds is 4. The summed E-state index contributed by atoms with van der Waals surface area (Å²) in [5.74, 6) is 0. The topological polar surface area (TPSA) is 53.8 Å². The number of nitrogens with two attached hydrogens (primary N) is 1. The molecule has 0 unspecified atom stereocenters. The summed E-state index contributed by atoms with van der Waals surface area (Å²) in [7, 11) is 0. The highest BCUT2D eigenvalue weighted by Crippen LogP contribution is 2.21. The maximum absolute atomic E-state index is 5.63. The lowest BCUT2D eigenvalue weighted by Gasteiger charge is -1.98. The molecule has 3 rings (SSSR count). The van der Waals surface area contributed by atoms with E-state index < -0.39 is 0 Å². The van der Waals surface area contributed by atoms with Crippen LogP contribution in [-0.4, -0.2) is 11.0 Å². The van der Waals surface area contributed by atoms with Gasteiger partial charge in [0, 0.05) is 35.7 Å². The van der Waals surface area contributed by atoms with E-state index in [1.165, 1.54) is 35.0 Å². The van der Waals surface area contributed by atoms with Crippen molar-refractivity contribution >= 4 is 10.9 Å². The van der Waals surface area contributed by atoms with Crippen LogP contribution in [-0.2, 0) is 13.1 Å². The SMILES string of the molecule is NCc1ccc2[nH]c(CNC3CC3)cc2c1. The van der Waals surface area contributed by atoms with Gasteiger partial charge in [0.05, 0.1) is 0 Å². The molecule has 3 nitrogen and oxygen atoms in total. The quantitative estimate of drug-likeness (QED) is 0.729. The van der Waals surface area contributed by atoms with Gasteiger partial charge in [0.2, 0.25) is 0 Å². The Kier molecular flexibility index (Phi) is 2.42. The van der Waals surface area contributed by atoms with Crippen LogP contribution in [0.15, 0.2) is 24.3 Å². The van der Waals surface area contributed by atoms with Crippen LogP contribution in [0.1, 0.15) is 24.1 Å². The number of aromatic nitrogens is 1. The zero-order chi connectivity index (χ0) is 11.0. The predicted octanol–water partition coefficient (Wildman–Crippen LogP) is 1.88. The van der Waals surface area contributed by atoms with Gasteiger partial charge in [0.15, 0.2) is 0 Å². The van der Waals surface area contributed by atoms with E-state index in [0.29, 0.717) is 6.54 Å². The summed E-state index contributed by atoms with van der Waals surface area (Å²) in [5, 5.41) is 4.77. The van der Waals surface area contributed by atoms with Crippen molar-refractivity contribution in [2.45, 2.75) is 32.0 Å². The maximum Gasteiger partial charge on any atom is 0.0456 e. The molecule has 0 atom stereocenters. The molecule has 0 aliphatic heterocycles. The van der Waals surface area contributed by atoms with E-state index in [-0.39, 0.29) is 0 Å². The first-order chi connectivity index (χ1) is 7.85. The molecule has 1 fully saturated rings. The lowest BCUT2D eigenvalue weighted by molar-refractivity contribution is 0.678. The highest BCUT2D eigenvalue weighted by molar-refractivity contribution is 5.81. The smallest absolute Gasteiger partial charge is 0.0456 e. The van der Waals surface area contributed by atoms with Crippen LogP contribution in [0.2, 0.25) is 0 Å². The Balaban J connectivity index is 1.83. The van der Waals surface area contributed by atoms with E-state index in [0.717, 1.165) is 12.6 Å². The molecule has 2 aromatic rings. The summed E-state index contributed by atoms with van der Waals surface area (Å²) in [6.07, 6.45) is 2.66. The van der Waals surface area contributed by atoms with Gasteiger partial charge in [-0.15, -0.1) is 0 Å². The number of benzene rings is 1. The van der Waals surface area contributed by atoms with Crippen molar-refractivity contribution in [3.8, 4) is 0 Å². The third kappa shape index (κ3) is 1.96. The molecule has 3 heteroatoms. The fraction of sp³-hybridized carbons (Fsp3) is 0.385. The summed E-state index contributed by atoms with van der Waals surface area (Å²) in [5.41, 5.74) is 9.28. The van der Waals surface area contributed by atoms with E-state index in [2.05, 4.69) is 34.6 Å². The third-order valence-electron chi connectivity index (χ3n) is 3.14. The standard InChI is InChI=1S/C13H17N3/c14-7-9-1-4-13-10(5-9)6-12(16-13)8-15-11-2-3-11/h1,4-6,11,15-16H,2-3,7-8,14H2. The van der Waals surface area contributed by atoms with Crippen LogP contribution in [0.3, 0.4) is 0 Å². The molecule has 84 valence electrons. The van der Waals surface area contributed by atoms with Crippen molar-refractivity contribution in [3.05, 3.63) is 35.5 Å². The second-order valence-electron chi connectivity index (χ2n) is 4.58. The second-order valence-corrected chi connectivity index (χ2v) is 4.58. The summed E-state index contributed by atoms with van der Waals surface area (Å²) < 4.78 is 0. The number of aromatic amines is 1. The van der Waals surface area contributed by atoms with Crippen molar-refractivity contribution in [1.82, 2.24) is 10.3 Å². The van der Waals surface area contributed by atoms with Crippen molar-refractivity contribution in [2.24, 2.45) is 5.73 Å². The minimum Gasteiger partial charge on any atom is -0.357 e. The molecule has 1 aliphatic rings. The number of hydrogen-bond acceptors (Lipinski definition) is 2. The van der Waals surface area contributed by atoms with Gasteiger partial charge in [-0.05, 0) is 36.6 Å². The summed E-state index contributed by atoms with van der Waals surface area (Å²) in [6.45, 7) is 1.55. The summed E-state index contributed by atoms with van der Waals surface area (Å²) >= 11 is 0. The monoisotopic (exact) mass is 215 g/mol. The first-order valence-corrected chi connectivity index (χ1v) is 5.89. The molecule has 1 aliphatic carbocycles. The molecule has 1 heterocycles. The largest absolute Gasteiger partial charge is 0.357 e. The van der Waals surface area contributed by atoms with Gasteiger partial charge >= 0.3 is 0 Å². The van der Waals surface area contributed by atoms with E-state index in [1.807, 2.05) is 0 Å². The van der Waals surface area contributed by atoms with Gasteiger partial charge < -0.3 is 16.0 Å². The van der Waals surface area contributed by atoms with E-state index in [4.69, 9.17) is 5.73 Å². The fourth-order valence-electron chi connectivity index (χ4n) is 2.01. The molecule has 16 heavy (non-hydrogen) atoms. The Bertz CT molecular complexity index is 497. The lowest BCUT2D eigenvalue weighted by Crippen LogP contribution is -2.15. The molecule has 0 amide bonds. The van der Waals surface area contributed by atoms with Crippen LogP contribution in [0, 0.1) is 0 Å². The van der Waals surface area contributed by atoms with Crippen molar-refractivity contribution < 1.29 is 0 Å². The Morgan fingerprint density at radius 3 is 2.94 bits per heavy atom. The van der Waals surface area contributed by atoms with Crippen molar-refractivity contribution in [1.29, 1.82) is 0 Å². The van der Waals surface area contributed by atoms with E-state index in [1.54, 1.807) is 0 Å². The fourth-order valence-corrected chi connectivity index (χ4v) is 2.01. The number of H-pyrrole nitrogens is 1. The molecule has 4 N–H and O–H groups in total. The Labute approximate surface area is 95.0 Å². The van der Waals surface area contributed by atoms with Crippen LogP contribution < -0.4 is 11.1 Å². The predicted molar refractivity (Wildman–Crippen MR) is 66.1 cm³/mol. The van der Waals surface area contributed by atoms with Gasteiger partial charge in [0.1, 0.15) is 0 Å². The van der Waals surface area contributed by atoms with Crippen LogP contribution in [0.5, 0.6) is 0 Å². The summed E-state index contributed by atoms with van der Waals surface area (Å²) in [6, 6.07) is 9.32. The minimum atomic E-state index is 0.608. The van der Waals surface area contributed by atoms with E-state index >= 15 is 0 Å². The van der Waals surface area contributed by atoms with Gasteiger partial charge in [-0.2, -0.15) is 0 Å². The minimum absolute atomic E-state index is 0.608. The lowest BCUT2D eigenvalue weighted by atomic mass is 10.1. The highest BCUT2D eigenvalue weighted by Gasteiger charge is 2.20. The van der Waals surface area contributed by atoms with E-state index in [9.17, 15) is 0 Å². The average Bonchev–Trinajstić information content (AvgIpc) is 3.04. The maximum atomic E-state index is 5.63. The van der Waals surface area contributed by atoms with Gasteiger partial charge in [0.25, 0.3) is 0 Å². The summed E-state index contributed by atoms with van der Waals surface area (Å²) in [4.78, 5) is 3.43. The normalized spacial score (nSPS) is 15.8. The van der Waals surface area contributed by atoms with Crippen LogP contribution in [0.4, 0.5) is 0 Å². The molecular formula is C13H17N3. The number of hydrogen-bond donors (Lipinski definition) is 3. The molecule has 0 bridgehead atoms. The average molecular weight is 215 g/mol. The molecular weight excluding hydrogens is 198 g/mol. The van der Waals surface area contributed by atoms with Crippen LogP contribution >= 0.6 is 0 Å². The highest BCUT2D eigenvalue weighted by atomic mass is 15.0. The molecule has 1 aromatic carbocycles.